The van der Waals surface area contributed by atoms with E-state index in [9.17, 15) is 4.39 Å². The number of halogens is 2. The molecule has 4 heteroatoms. The van der Waals surface area contributed by atoms with E-state index in [1.807, 2.05) is 12.1 Å². The van der Waals surface area contributed by atoms with Gasteiger partial charge in [0, 0.05) is 22.7 Å². The maximum atomic E-state index is 13.6. The van der Waals surface area contributed by atoms with Crippen molar-refractivity contribution in [3.63, 3.8) is 0 Å². The topological polar surface area (TPSA) is 21.3 Å². The summed E-state index contributed by atoms with van der Waals surface area (Å²) in [6.07, 6.45) is 0. The third kappa shape index (κ3) is 5.00. The van der Waals surface area contributed by atoms with Gasteiger partial charge in [0.25, 0.3) is 0 Å². The molecule has 0 aliphatic heterocycles. The zero-order chi connectivity index (χ0) is 15.9. The van der Waals surface area contributed by atoms with E-state index in [4.69, 9.17) is 16.3 Å². The lowest BCUT2D eigenvalue weighted by Crippen LogP contribution is -2.19. The molecule has 0 saturated carbocycles. The molecule has 0 aliphatic rings. The fourth-order valence-corrected chi connectivity index (χ4v) is 2.29. The Hall–Kier alpha value is -1.58. The van der Waals surface area contributed by atoms with Crippen LogP contribution in [0.1, 0.15) is 25.0 Å². The standard InChI is InChI=1S/C18H21ClFNO/c1-13(2)10-21-11-15-9-16(19)7-8-18(15)22-12-14-5-3-4-6-17(14)20/h3-9,13,21H,10-12H2,1-2H3. The smallest absolute Gasteiger partial charge is 0.129 e. The zero-order valence-corrected chi connectivity index (χ0v) is 13.7. The minimum Gasteiger partial charge on any atom is -0.488 e. The van der Waals surface area contributed by atoms with Crippen molar-refractivity contribution in [3.05, 3.63) is 64.4 Å². The monoisotopic (exact) mass is 321 g/mol. The van der Waals surface area contributed by atoms with Crippen LogP contribution in [0.2, 0.25) is 5.02 Å². The second-order valence-corrected chi connectivity index (χ2v) is 6.09. The minimum absolute atomic E-state index is 0.200. The van der Waals surface area contributed by atoms with E-state index in [-0.39, 0.29) is 12.4 Å². The molecule has 0 spiro atoms. The molecule has 0 atom stereocenters. The average molecular weight is 322 g/mol. The Labute approximate surface area is 136 Å². The van der Waals surface area contributed by atoms with Crippen LogP contribution < -0.4 is 10.1 Å². The summed E-state index contributed by atoms with van der Waals surface area (Å²) in [5.41, 5.74) is 1.52. The summed E-state index contributed by atoms with van der Waals surface area (Å²) >= 11 is 6.06. The van der Waals surface area contributed by atoms with Gasteiger partial charge in [-0.05, 0) is 36.7 Å². The predicted octanol–water partition coefficient (Wildman–Crippen LogP) is 4.80. The van der Waals surface area contributed by atoms with Gasteiger partial charge in [0.05, 0.1) is 0 Å². The molecule has 0 bridgehead atoms. The number of benzene rings is 2. The number of hydrogen-bond donors (Lipinski definition) is 1. The second-order valence-electron chi connectivity index (χ2n) is 5.66. The van der Waals surface area contributed by atoms with E-state index < -0.39 is 0 Å². The third-order valence-corrected chi connectivity index (χ3v) is 3.47. The quantitative estimate of drug-likeness (QED) is 0.790. The molecule has 22 heavy (non-hydrogen) atoms. The number of rotatable bonds is 7. The lowest BCUT2D eigenvalue weighted by Gasteiger charge is -2.14. The van der Waals surface area contributed by atoms with Crippen molar-refractivity contribution in [1.29, 1.82) is 0 Å². The van der Waals surface area contributed by atoms with Crippen LogP contribution in [0.5, 0.6) is 5.75 Å². The first-order valence-corrected chi connectivity index (χ1v) is 7.79. The Bertz CT molecular complexity index is 616. The van der Waals surface area contributed by atoms with Crippen molar-refractivity contribution in [3.8, 4) is 5.75 Å². The van der Waals surface area contributed by atoms with Crippen molar-refractivity contribution in [2.45, 2.75) is 27.0 Å². The third-order valence-electron chi connectivity index (χ3n) is 3.23. The lowest BCUT2D eigenvalue weighted by atomic mass is 10.1. The summed E-state index contributed by atoms with van der Waals surface area (Å²) in [4.78, 5) is 0. The molecule has 0 amide bonds. The van der Waals surface area contributed by atoms with Crippen molar-refractivity contribution in [1.82, 2.24) is 5.32 Å². The fraction of sp³-hybridized carbons (Fsp3) is 0.333. The van der Waals surface area contributed by atoms with Gasteiger partial charge in [0.15, 0.2) is 0 Å². The summed E-state index contributed by atoms with van der Waals surface area (Å²) in [6.45, 7) is 6.09. The zero-order valence-electron chi connectivity index (χ0n) is 12.9. The number of hydrogen-bond acceptors (Lipinski definition) is 2. The SMILES string of the molecule is CC(C)CNCc1cc(Cl)ccc1OCc1ccccc1F. The molecule has 0 radical (unpaired) electrons. The van der Waals surface area contributed by atoms with Crippen LogP contribution in [0.4, 0.5) is 4.39 Å². The Balaban J connectivity index is 2.05. The molecule has 2 nitrogen and oxygen atoms in total. The molecule has 2 aromatic carbocycles. The second kappa shape index (κ2) is 8.16. The van der Waals surface area contributed by atoms with Crippen molar-refractivity contribution >= 4 is 11.6 Å². The summed E-state index contributed by atoms with van der Waals surface area (Å²) in [5.74, 6) is 1.04. The molecule has 0 saturated heterocycles. The fourth-order valence-electron chi connectivity index (χ4n) is 2.09. The summed E-state index contributed by atoms with van der Waals surface area (Å²) in [5, 5.41) is 4.03. The summed E-state index contributed by atoms with van der Waals surface area (Å²) in [6, 6.07) is 12.1. The normalized spacial score (nSPS) is 11.0. The molecule has 1 N–H and O–H groups in total. The van der Waals surface area contributed by atoms with E-state index in [0.717, 1.165) is 17.9 Å². The van der Waals surface area contributed by atoms with E-state index in [1.54, 1.807) is 24.3 Å². The molecule has 0 fully saturated rings. The van der Waals surface area contributed by atoms with Crippen LogP contribution in [-0.2, 0) is 13.2 Å². The Morgan fingerprint density at radius 3 is 2.64 bits per heavy atom. The van der Waals surface area contributed by atoms with Gasteiger partial charge in [-0.25, -0.2) is 4.39 Å². The molecule has 0 aromatic heterocycles. The molecule has 0 aliphatic carbocycles. The highest BCUT2D eigenvalue weighted by Crippen LogP contribution is 2.24. The van der Waals surface area contributed by atoms with Crippen molar-refractivity contribution in [2.24, 2.45) is 5.92 Å². The first kappa shape index (κ1) is 16.8. The highest BCUT2D eigenvalue weighted by Gasteiger charge is 2.07. The molecule has 2 aromatic rings. The number of ether oxygens (including phenoxy) is 1. The molecular formula is C18H21ClFNO. The first-order chi connectivity index (χ1) is 10.6. The molecule has 0 heterocycles. The maximum absolute atomic E-state index is 13.6. The van der Waals surface area contributed by atoms with E-state index >= 15 is 0 Å². The average Bonchev–Trinajstić information content (AvgIpc) is 2.47. The van der Waals surface area contributed by atoms with Crippen LogP contribution >= 0.6 is 11.6 Å². The van der Waals surface area contributed by atoms with Gasteiger partial charge in [-0.15, -0.1) is 0 Å². The van der Waals surface area contributed by atoms with Gasteiger partial charge in [-0.2, -0.15) is 0 Å². The van der Waals surface area contributed by atoms with Crippen LogP contribution in [0, 0.1) is 11.7 Å². The Morgan fingerprint density at radius 2 is 1.91 bits per heavy atom. The van der Waals surface area contributed by atoms with Gasteiger partial charge in [0.2, 0.25) is 0 Å². The Kier molecular flexibility index (Phi) is 6.22. The first-order valence-electron chi connectivity index (χ1n) is 7.41. The highest BCUT2D eigenvalue weighted by molar-refractivity contribution is 6.30. The van der Waals surface area contributed by atoms with E-state index in [1.165, 1.54) is 6.07 Å². The number of nitrogens with one attached hydrogen (secondary N) is 1. The van der Waals surface area contributed by atoms with Gasteiger partial charge in [-0.3, -0.25) is 0 Å². The van der Waals surface area contributed by atoms with Gasteiger partial charge in [-0.1, -0.05) is 43.6 Å². The van der Waals surface area contributed by atoms with Crippen molar-refractivity contribution in [2.75, 3.05) is 6.54 Å². The van der Waals surface area contributed by atoms with E-state index in [0.29, 0.717) is 23.0 Å². The van der Waals surface area contributed by atoms with E-state index in [2.05, 4.69) is 19.2 Å². The Morgan fingerprint density at radius 1 is 1.14 bits per heavy atom. The summed E-state index contributed by atoms with van der Waals surface area (Å²) < 4.78 is 19.4. The highest BCUT2D eigenvalue weighted by atomic mass is 35.5. The molecule has 2 rings (SSSR count). The molecule has 118 valence electrons. The lowest BCUT2D eigenvalue weighted by molar-refractivity contribution is 0.296. The summed E-state index contributed by atoms with van der Waals surface area (Å²) in [7, 11) is 0. The van der Waals surface area contributed by atoms with Crippen LogP contribution in [0.3, 0.4) is 0 Å². The van der Waals surface area contributed by atoms with Crippen LogP contribution in [-0.4, -0.2) is 6.54 Å². The van der Waals surface area contributed by atoms with Crippen LogP contribution in [0.15, 0.2) is 42.5 Å². The van der Waals surface area contributed by atoms with Crippen LogP contribution in [0.25, 0.3) is 0 Å². The maximum Gasteiger partial charge on any atom is 0.129 e. The molecular weight excluding hydrogens is 301 g/mol. The molecule has 0 unspecified atom stereocenters. The largest absolute Gasteiger partial charge is 0.488 e. The predicted molar refractivity (Wildman–Crippen MR) is 88.7 cm³/mol. The minimum atomic E-state index is -0.254. The van der Waals surface area contributed by atoms with Gasteiger partial charge in [0.1, 0.15) is 18.2 Å². The van der Waals surface area contributed by atoms with Crippen molar-refractivity contribution < 1.29 is 9.13 Å². The van der Waals surface area contributed by atoms with Gasteiger partial charge >= 0.3 is 0 Å². The van der Waals surface area contributed by atoms with Gasteiger partial charge < -0.3 is 10.1 Å².